The molecule has 1 aromatic rings. The van der Waals surface area contributed by atoms with Gasteiger partial charge in [0.25, 0.3) is 0 Å². The van der Waals surface area contributed by atoms with Crippen molar-refractivity contribution in [2.75, 3.05) is 13.2 Å². The van der Waals surface area contributed by atoms with Crippen molar-refractivity contribution in [2.45, 2.75) is 85.7 Å². The number of rotatable bonds is 11. The highest BCUT2D eigenvalue weighted by Gasteiger charge is 2.23. The Balaban J connectivity index is 3.00. The van der Waals surface area contributed by atoms with Crippen molar-refractivity contribution < 1.29 is 28.5 Å². The van der Waals surface area contributed by atoms with Crippen molar-refractivity contribution >= 4 is 12.1 Å². The Kier molecular flexibility index (Phi) is 10.7. The van der Waals surface area contributed by atoms with Crippen LogP contribution in [0.1, 0.15) is 66.0 Å². The molecule has 0 fully saturated rings. The van der Waals surface area contributed by atoms with Crippen LogP contribution in [-0.4, -0.2) is 43.1 Å². The smallest absolute Gasteiger partial charge is 0.407 e. The van der Waals surface area contributed by atoms with E-state index in [1.54, 1.807) is 6.92 Å². The summed E-state index contributed by atoms with van der Waals surface area (Å²) >= 11 is 0. The normalized spacial score (nSPS) is 12.4. The number of hydrogen-bond acceptors (Lipinski definition) is 6. The molecule has 170 valence electrons. The van der Waals surface area contributed by atoms with E-state index in [0.717, 1.165) is 17.5 Å². The zero-order chi connectivity index (χ0) is 22.7. The van der Waals surface area contributed by atoms with Crippen LogP contribution < -0.4 is 10.1 Å². The minimum Gasteiger partial charge on any atom is -0.493 e. The second-order valence-electron chi connectivity index (χ2n) is 8.28. The van der Waals surface area contributed by atoms with Gasteiger partial charge in [0.15, 0.2) is 6.10 Å². The molecule has 1 N–H and O–H groups in total. The van der Waals surface area contributed by atoms with Crippen LogP contribution in [0.2, 0.25) is 0 Å². The fraction of sp³-hybridized carbons (Fsp3) is 0.652. The molecule has 0 saturated carbocycles. The van der Waals surface area contributed by atoms with Crippen LogP contribution in [-0.2, 0) is 32.0 Å². The summed E-state index contributed by atoms with van der Waals surface area (Å²) in [5.41, 5.74) is 1.12. The van der Waals surface area contributed by atoms with Gasteiger partial charge in [0.1, 0.15) is 11.4 Å². The molecule has 1 amide bonds. The number of ether oxygens (including phenoxy) is 4. The number of nitrogens with one attached hydrogen (secondary N) is 1. The van der Waals surface area contributed by atoms with Gasteiger partial charge in [-0.05, 0) is 59.6 Å². The van der Waals surface area contributed by atoms with Gasteiger partial charge < -0.3 is 24.3 Å². The Morgan fingerprint density at radius 1 is 1.13 bits per heavy atom. The highest BCUT2D eigenvalue weighted by molar-refractivity contribution is 5.75. The summed E-state index contributed by atoms with van der Waals surface area (Å²) in [4.78, 5) is 24.3. The molecule has 0 aliphatic rings. The molecular formula is C23H37NO6. The first-order chi connectivity index (χ1) is 14.1. The average molecular weight is 424 g/mol. The van der Waals surface area contributed by atoms with E-state index < -0.39 is 17.8 Å². The summed E-state index contributed by atoms with van der Waals surface area (Å²) in [6.07, 6.45) is -0.0704. The molecule has 1 atom stereocenters. The van der Waals surface area contributed by atoms with Gasteiger partial charge in [-0.3, -0.25) is 0 Å². The number of benzene rings is 1. The molecule has 0 aliphatic carbocycles. The predicted molar refractivity (Wildman–Crippen MR) is 116 cm³/mol. The molecule has 1 unspecified atom stereocenters. The van der Waals surface area contributed by atoms with Crippen LogP contribution in [0.25, 0.3) is 0 Å². The summed E-state index contributed by atoms with van der Waals surface area (Å²) in [7, 11) is 0. The predicted octanol–water partition coefficient (Wildman–Crippen LogP) is 4.40. The van der Waals surface area contributed by atoms with Crippen molar-refractivity contribution in [1.82, 2.24) is 5.32 Å². The zero-order valence-electron chi connectivity index (χ0n) is 19.4. The zero-order valence-corrected chi connectivity index (χ0v) is 19.4. The van der Waals surface area contributed by atoms with Crippen LogP contribution in [0.3, 0.4) is 0 Å². The quantitative estimate of drug-likeness (QED) is 0.531. The van der Waals surface area contributed by atoms with Gasteiger partial charge in [-0.2, -0.15) is 0 Å². The lowest BCUT2D eigenvalue weighted by Crippen LogP contribution is -2.32. The molecule has 0 saturated heterocycles. The second kappa shape index (κ2) is 12.4. The van der Waals surface area contributed by atoms with Crippen molar-refractivity contribution in [3.05, 3.63) is 29.3 Å². The van der Waals surface area contributed by atoms with Crippen molar-refractivity contribution in [3.63, 3.8) is 0 Å². The first kappa shape index (κ1) is 25.8. The third-order valence-electron chi connectivity index (χ3n) is 3.82. The van der Waals surface area contributed by atoms with E-state index in [9.17, 15) is 9.59 Å². The van der Waals surface area contributed by atoms with Gasteiger partial charge in [-0.1, -0.05) is 19.1 Å². The highest BCUT2D eigenvalue weighted by Crippen LogP contribution is 2.23. The molecule has 7 heteroatoms. The number of carbonyl (C=O) groups excluding carboxylic acids is 2. The van der Waals surface area contributed by atoms with E-state index in [1.165, 1.54) is 0 Å². The van der Waals surface area contributed by atoms with E-state index in [1.807, 2.05) is 59.7 Å². The van der Waals surface area contributed by atoms with Gasteiger partial charge >= 0.3 is 12.1 Å². The maximum absolute atomic E-state index is 12.3. The van der Waals surface area contributed by atoms with Crippen LogP contribution in [0, 0.1) is 0 Å². The summed E-state index contributed by atoms with van der Waals surface area (Å²) in [6, 6.07) is 5.67. The molecule has 0 bridgehead atoms. The van der Waals surface area contributed by atoms with E-state index >= 15 is 0 Å². The van der Waals surface area contributed by atoms with Gasteiger partial charge in [0, 0.05) is 18.5 Å². The summed E-state index contributed by atoms with van der Waals surface area (Å²) in [6.45, 7) is 14.1. The third kappa shape index (κ3) is 9.96. The number of hydrogen-bond donors (Lipinski definition) is 1. The first-order valence-electron chi connectivity index (χ1n) is 10.6. The fourth-order valence-electron chi connectivity index (χ4n) is 2.70. The molecule has 0 heterocycles. The van der Waals surface area contributed by atoms with E-state index in [2.05, 4.69) is 5.32 Å². The maximum atomic E-state index is 12.3. The monoisotopic (exact) mass is 423 g/mol. The van der Waals surface area contributed by atoms with Crippen LogP contribution in [0.15, 0.2) is 18.2 Å². The highest BCUT2D eigenvalue weighted by atomic mass is 16.6. The molecule has 1 rings (SSSR count). The maximum Gasteiger partial charge on any atom is 0.407 e. The van der Waals surface area contributed by atoms with Gasteiger partial charge in [0.05, 0.1) is 19.3 Å². The lowest BCUT2D eigenvalue weighted by molar-refractivity contribution is -0.159. The molecule has 0 radical (unpaired) electrons. The van der Waals surface area contributed by atoms with Crippen LogP contribution in [0.5, 0.6) is 5.75 Å². The minimum absolute atomic E-state index is 0.111. The molecule has 0 spiro atoms. The number of amides is 1. The molecule has 1 aromatic carbocycles. The molecule has 0 aromatic heterocycles. The second-order valence-corrected chi connectivity index (χ2v) is 8.28. The summed E-state index contributed by atoms with van der Waals surface area (Å²) in [5.74, 6) is 0.306. The molecule has 0 aliphatic heterocycles. The number of esters is 1. The van der Waals surface area contributed by atoms with Crippen molar-refractivity contribution in [3.8, 4) is 5.75 Å². The Morgan fingerprint density at radius 3 is 2.40 bits per heavy atom. The lowest BCUT2D eigenvalue weighted by atomic mass is 10.0. The Bertz CT molecular complexity index is 681. The Morgan fingerprint density at radius 2 is 1.83 bits per heavy atom. The lowest BCUT2D eigenvalue weighted by Gasteiger charge is -2.21. The van der Waals surface area contributed by atoms with Gasteiger partial charge in [-0.25, -0.2) is 9.59 Å². The van der Waals surface area contributed by atoms with E-state index in [4.69, 9.17) is 18.9 Å². The van der Waals surface area contributed by atoms with E-state index in [0.29, 0.717) is 25.4 Å². The van der Waals surface area contributed by atoms with Crippen LogP contribution >= 0.6 is 0 Å². The average Bonchev–Trinajstić information content (AvgIpc) is 2.63. The largest absolute Gasteiger partial charge is 0.493 e. The fourth-order valence-corrected chi connectivity index (χ4v) is 2.70. The molecule has 30 heavy (non-hydrogen) atoms. The number of alkyl carbamates (subject to hydrolysis) is 1. The number of carbonyl (C=O) groups is 2. The van der Waals surface area contributed by atoms with Crippen molar-refractivity contribution in [2.24, 2.45) is 0 Å². The van der Waals surface area contributed by atoms with Gasteiger partial charge in [0.2, 0.25) is 0 Å². The Labute approximate surface area is 180 Å². The molecule has 7 nitrogen and oxygen atoms in total. The van der Waals surface area contributed by atoms with Crippen molar-refractivity contribution in [1.29, 1.82) is 0 Å². The summed E-state index contributed by atoms with van der Waals surface area (Å²) < 4.78 is 22.0. The summed E-state index contributed by atoms with van der Waals surface area (Å²) in [5, 5.41) is 2.76. The molecular weight excluding hydrogens is 386 g/mol. The SMILES string of the molecule is CCCOc1ccc(CC(OC(C)C)C(=O)OCC)cc1CNC(=O)OC(C)(C)C. The minimum atomic E-state index is -0.695. The van der Waals surface area contributed by atoms with E-state index in [-0.39, 0.29) is 18.6 Å². The third-order valence-corrected chi connectivity index (χ3v) is 3.82. The Hall–Kier alpha value is -2.28. The van der Waals surface area contributed by atoms with Crippen LogP contribution in [0.4, 0.5) is 4.79 Å². The first-order valence-corrected chi connectivity index (χ1v) is 10.6. The topological polar surface area (TPSA) is 83.1 Å². The van der Waals surface area contributed by atoms with Gasteiger partial charge in [-0.15, -0.1) is 0 Å². The standard InChI is InChI=1S/C23H37NO6/c1-8-12-28-19-11-10-17(14-20(29-16(3)4)21(25)27-9-2)13-18(19)15-24-22(26)30-23(5,6)7/h10-11,13,16,20H,8-9,12,14-15H2,1-7H3,(H,24,26).